The summed E-state index contributed by atoms with van der Waals surface area (Å²) in [4.78, 5) is 0. The lowest BCUT2D eigenvalue weighted by atomic mass is 10.1. The molecule has 94 valence electrons. The molecular formula is C15H9ClFNO. The maximum Gasteiger partial charge on any atom is 0.167 e. The number of aromatic nitrogens is 1. The van der Waals surface area contributed by atoms with Gasteiger partial charge in [-0.1, -0.05) is 53.2 Å². The molecular weight excluding hydrogens is 265 g/mol. The first-order chi connectivity index (χ1) is 9.25. The van der Waals surface area contributed by atoms with Crippen LogP contribution in [0.2, 0.25) is 5.02 Å². The van der Waals surface area contributed by atoms with Crippen molar-refractivity contribution >= 4 is 11.6 Å². The molecule has 2 aromatic carbocycles. The number of benzene rings is 2. The highest BCUT2D eigenvalue weighted by atomic mass is 35.5. The summed E-state index contributed by atoms with van der Waals surface area (Å²) in [7, 11) is 0. The van der Waals surface area contributed by atoms with Crippen molar-refractivity contribution in [2.45, 2.75) is 0 Å². The first kappa shape index (κ1) is 11.9. The Balaban J connectivity index is 2.07. The smallest absolute Gasteiger partial charge is 0.167 e. The van der Waals surface area contributed by atoms with Crippen molar-refractivity contribution in [2.75, 3.05) is 0 Å². The third kappa shape index (κ3) is 2.25. The van der Waals surface area contributed by atoms with Crippen molar-refractivity contribution in [1.29, 1.82) is 0 Å². The Kier molecular flexibility index (Phi) is 3.05. The molecule has 0 radical (unpaired) electrons. The van der Waals surface area contributed by atoms with Crippen molar-refractivity contribution in [3.63, 3.8) is 0 Å². The predicted molar refractivity (Wildman–Crippen MR) is 72.3 cm³/mol. The quantitative estimate of drug-likeness (QED) is 0.670. The number of hydrogen-bond acceptors (Lipinski definition) is 2. The minimum atomic E-state index is -0.416. The molecule has 0 spiro atoms. The molecule has 1 heterocycles. The van der Waals surface area contributed by atoms with Crippen LogP contribution in [0.1, 0.15) is 0 Å². The Morgan fingerprint density at radius 1 is 1.00 bits per heavy atom. The van der Waals surface area contributed by atoms with Gasteiger partial charge in [0, 0.05) is 11.6 Å². The monoisotopic (exact) mass is 273 g/mol. The summed E-state index contributed by atoms with van der Waals surface area (Å²) in [5, 5.41) is 4.20. The van der Waals surface area contributed by atoms with Crippen LogP contribution in [0, 0.1) is 5.82 Å². The Hall–Kier alpha value is -2.13. The summed E-state index contributed by atoms with van der Waals surface area (Å²) in [5.74, 6) is 0.162. The zero-order valence-corrected chi connectivity index (χ0v) is 10.6. The molecule has 0 N–H and O–H groups in total. The van der Waals surface area contributed by atoms with Gasteiger partial charge in [-0.3, -0.25) is 0 Å². The lowest BCUT2D eigenvalue weighted by Crippen LogP contribution is -1.84. The van der Waals surface area contributed by atoms with Crippen LogP contribution in [-0.4, -0.2) is 5.16 Å². The van der Waals surface area contributed by atoms with Crippen LogP contribution in [-0.2, 0) is 0 Å². The second-order valence-electron chi connectivity index (χ2n) is 4.04. The highest BCUT2D eigenvalue weighted by molar-refractivity contribution is 6.33. The van der Waals surface area contributed by atoms with Gasteiger partial charge in [0.05, 0.1) is 10.6 Å². The Morgan fingerprint density at radius 3 is 2.53 bits per heavy atom. The van der Waals surface area contributed by atoms with Crippen LogP contribution in [0.3, 0.4) is 0 Å². The standard InChI is InChI=1S/C15H9ClFNO/c16-11-7-4-8-12(17)15(11)13-9-14(19-18-13)10-5-2-1-3-6-10/h1-9H. The van der Waals surface area contributed by atoms with Crippen LogP contribution in [0.5, 0.6) is 0 Å². The Labute approximate surface area is 114 Å². The lowest BCUT2D eigenvalue weighted by Gasteiger charge is -2.00. The highest BCUT2D eigenvalue weighted by Gasteiger charge is 2.15. The van der Waals surface area contributed by atoms with Crippen molar-refractivity contribution in [2.24, 2.45) is 0 Å². The summed E-state index contributed by atoms with van der Waals surface area (Å²) in [6.45, 7) is 0. The number of rotatable bonds is 2. The first-order valence-electron chi connectivity index (χ1n) is 5.72. The molecule has 0 fully saturated rings. The van der Waals surface area contributed by atoms with Gasteiger partial charge >= 0.3 is 0 Å². The molecule has 0 saturated heterocycles. The second kappa shape index (κ2) is 4.86. The lowest BCUT2D eigenvalue weighted by molar-refractivity contribution is 0.434. The van der Waals surface area contributed by atoms with Gasteiger partial charge in [-0.05, 0) is 12.1 Å². The van der Waals surface area contributed by atoms with Gasteiger partial charge in [0.1, 0.15) is 11.5 Å². The summed E-state index contributed by atoms with van der Waals surface area (Å²) in [5.41, 5.74) is 1.53. The van der Waals surface area contributed by atoms with E-state index >= 15 is 0 Å². The summed E-state index contributed by atoms with van der Waals surface area (Å²) >= 11 is 6.00. The van der Waals surface area contributed by atoms with Gasteiger partial charge in [-0.25, -0.2) is 4.39 Å². The van der Waals surface area contributed by atoms with Crippen molar-refractivity contribution in [3.05, 3.63) is 65.4 Å². The average molecular weight is 274 g/mol. The number of halogens is 2. The molecule has 0 atom stereocenters. The third-order valence-electron chi connectivity index (χ3n) is 2.79. The first-order valence-corrected chi connectivity index (χ1v) is 6.10. The molecule has 0 amide bonds. The maximum absolute atomic E-state index is 13.8. The van der Waals surface area contributed by atoms with Crippen LogP contribution < -0.4 is 0 Å². The molecule has 1 aromatic heterocycles. The van der Waals surface area contributed by atoms with E-state index in [0.29, 0.717) is 16.5 Å². The van der Waals surface area contributed by atoms with E-state index in [0.717, 1.165) is 5.56 Å². The fourth-order valence-electron chi connectivity index (χ4n) is 1.87. The Bertz CT molecular complexity index is 689. The van der Waals surface area contributed by atoms with E-state index in [1.807, 2.05) is 30.3 Å². The van der Waals surface area contributed by atoms with E-state index in [2.05, 4.69) is 5.16 Å². The number of nitrogens with zero attached hydrogens (tertiary/aromatic N) is 1. The molecule has 3 aromatic rings. The third-order valence-corrected chi connectivity index (χ3v) is 3.10. The summed E-state index contributed by atoms with van der Waals surface area (Å²) in [6.07, 6.45) is 0. The minimum absolute atomic E-state index is 0.259. The zero-order valence-electron chi connectivity index (χ0n) is 9.81. The van der Waals surface area contributed by atoms with Crippen molar-refractivity contribution < 1.29 is 8.91 Å². The van der Waals surface area contributed by atoms with Gasteiger partial charge in [-0.15, -0.1) is 0 Å². The SMILES string of the molecule is Fc1cccc(Cl)c1-c1cc(-c2ccccc2)on1. The second-order valence-corrected chi connectivity index (χ2v) is 4.45. The molecule has 0 bridgehead atoms. The molecule has 2 nitrogen and oxygen atoms in total. The van der Waals surface area contributed by atoms with Crippen LogP contribution in [0.25, 0.3) is 22.6 Å². The predicted octanol–water partition coefficient (Wildman–Crippen LogP) is 4.80. The topological polar surface area (TPSA) is 26.0 Å². The molecule has 0 unspecified atom stereocenters. The molecule has 0 aliphatic carbocycles. The van der Waals surface area contributed by atoms with Crippen LogP contribution in [0.4, 0.5) is 4.39 Å². The number of hydrogen-bond donors (Lipinski definition) is 0. The molecule has 0 aliphatic heterocycles. The van der Waals surface area contributed by atoms with E-state index in [-0.39, 0.29) is 5.56 Å². The summed E-state index contributed by atoms with van der Waals surface area (Å²) < 4.78 is 19.0. The highest BCUT2D eigenvalue weighted by Crippen LogP contribution is 2.32. The Morgan fingerprint density at radius 2 is 1.79 bits per heavy atom. The fraction of sp³-hybridized carbons (Fsp3) is 0. The van der Waals surface area contributed by atoms with E-state index in [4.69, 9.17) is 16.1 Å². The van der Waals surface area contributed by atoms with Crippen LogP contribution >= 0.6 is 11.6 Å². The normalized spacial score (nSPS) is 10.6. The van der Waals surface area contributed by atoms with E-state index in [1.165, 1.54) is 6.07 Å². The van der Waals surface area contributed by atoms with Gasteiger partial charge in [0.25, 0.3) is 0 Å². The zero-order chi connectivity index (χ0) is 13.2. The van der Waals surface area contributed by atoms with Gasteiger partial charge < -0.3 is 4.52 Å². The van der Waals surface area contributed by atoms with Gasteiger partial charge in [-0.2, -0.15) is 0 Å². The fourth-order valence-corrected chi connectivity index (χ4v) is 2.13. The van der Waals surface area contributed by atoms with Gasteiger partial charge in [0.2, 0.25) is 0 Å². The molecule has 0 aliphatic rings. The van der Waals surface area contributed by atoms with Crippen molar-refractivity contribution in [3.8, 4) is 22.6 Å². The largest absolute Gasteiger partial charge is 0.356 e. The average Bonchev–Trinajstić information content (AvgIpc) is 2.89. The minimum Gasteiger partial charge on any atom is -0.356 e. The van der Waals surface area contributed by atoms with E-state index < -0.39 is 5.82 Å². The summed E-state index contributed by atoms with van der Waals surface area (Å²) in [6, 6.07) is 15.7. The molecule has 0 saturated carbocycles. The van der Waals surface area contributed by atoms with E-state index in [1.54, 1.807) is 18.2 Å². The van der Waals surface area contributed by atoms with Crippen molar-refractivity contribution in [1.82, 2.24) is 5.16 Å². The van der Waals surface area contributed by atoms with Crippen LogP contribution in [0.15, 0.2) is 59.1 Å². The van der Waals surface area contributed by atoms with E-state index in [9.17, 15) is 4.39 Å². The molecule has 4 heteroatoms. The molecule has 3 rings (SSSR count). The van der Waals surface area contributed by atoms with Gasteiger partial charge in [0.15, 0.2) is 5.76 Å². The molecule has 19 heavy (non-hydrogen) atoms. The maximum atomic E-state index is 13.8.